The number of nitrogens with one attached hydrogen (secondary N) is 1. The summed E-state index contributed by atoms with van der Waals surface area (Å²) in [6.45, 7) is 11.1. The molecular weight excluding hydrogens is 228 g/mol. The van der Waals surface area contributed by atoms with Crippen molar-refractivity contribution in [2.45, 2.75) is 40.5 Å². The number of pyridine rings is 1. The number of aromatic nitrogens is 1. The maximum Gasteiger partial charge on any atom is 0.335 e. The maximum absolute atomic E-state index is 11.1. The van der Waals surface area contributed by atoms with Crippen molar-refractivity contribution in [1.82, 2.24) is 4.98 Å². The second-order valence-electron chi connectivity index (χ2n) is 6.04. The number of anilines is 1. The SMILES string of the molecule is CC(C)c1cc(C(=O)O)cc(NCC(C)(C)C)n1. The Kier molecular flexibility index (Phi) is 4.33. The van der Waals surface area contributed by atoms with E-state index in [-0.39, 0.29) is 16.9 Å². The van der Waals surface area contributed by atoms with E-state index in [4.69, 9.17) is 5.11 Å². The zero-order chi connectivity index (χ0) is 13.9. The van der Waals surface area contributed by atoms with E-state index in [0.717, 1.165) is 12.2 Å². The van der Waals surface area contributed by atoms with Gasteiger partial charge in [-0.05, 0) is 23.5 Å². The highest BCUT2D eigenvalue weighted by Crippen LogP contribution is 2.19. The molecule has 0 aliphatic carbocycles. The highest BCUT2D eigenvalue weighted by molar-refractivity contribution is 5.88. The molecule has 1 heterocycles. The highest BCUT2D eigenvalue weighted by Gasteiger charge is 2.13. The standard InChI is InChI=1S/C14H22N2O2/c1-9(2)11-6-10(13(17)18)7-12(16-11)15-8-14(3,4)5/h6-7,9H,8H2,1-5H3,(H,15,16)(H,17,18). The normalized spacial score (nSPS) is 11.7. The van der Waals surface area contributed by atoms with Gasteiger partial charge in [-0.15, -0.1) is 0 Å². The summed E-state index contributed by atoms with van der Waals surface area (Å²) in [5, 5.41) is 12.3. The molecule has 18 heavy (non-hydrogen) atoms. The molecule has 2 N–H and O–H groups in total. The third kappa shape index (κ3) is 4.35. The summed E-state index contributed by atoms with van der Waals surface area (Å²) < 4.78 is 0. The molecule has 0 fully saturated rings. The first-order valence-electron chi connectivity index (χ1n) is 6.18. The molecule has 4 heteroatoms. The summed E-state index contributed by atoms with van der Waals surface area (Å²) in [5.41, 5.74) is 1.20. The molecule has 0 aromatic carbocycles. The zero-order valence-electron chi connectivity index (χ0n) is 11.7. The number of nitrogens with zero attached hydrogens (tertiary/aromatic N) is 1. The van der Waals surface area contributed by atoms with Crippen LogP contribution in [0.1, 0.15) is 56.6 Å². The van der Waals surface area contributed by atoms with Crippen LogP contribution >= 0.6 is 0 Å². The summed E-state index contributed by atoms with van der Waals surface area (Å²) >= 11 is 0. The third-order valence-corrected chi connectivity index (χ3v) is 2.48. The average molecular weight is 250 g/mol. The Bertz CT molecular complexity index is 434. The van der Waals surface area contributed by atoms with Gasteiger partial charge in [0.25, 0.3) is 0 Å². The zero-order valence-corrected chi connectivity index (χ0v) is 11.7. The van der Waals surface area contributed by atoms with Crippen LogP contribution in [-0.2, 0) is 0 Å². The third-order valence-electron chi connectivity index (χ3n) is 2.48. The van der Waals surface area contributed by atoms with Crippen LogP contribution in [0.5, 0.6) is 0 Å². The van der Waals surface area contributed by atoms with E-state index < -0.39 is 5.97 Å². The Morgan fingerprint density at radius 3 is 2.44 bits per heavy atom. The molecule has 1 rings (SSSR count). The second-order valence-corrected chi connectivity index (χ2v) is 6.04. The van der Waals surface area contributed by atoms with Crippen LogP contribution in [0.4, 0.5) is 5.82 Å². The number of carbonyl (C=O) groups is 1. The van der Waals surface area contributed by atoms with Crippen molar-refractivity contribution in [3.05, 3.63) is 23.4 Å². The van der Waals surface area contributed by atoms with E-state index in [0.29, 0.717) is 5.82 Å². The Hall–Kier alpha value is -1.58. The minimum Gasteiger partial charge on any atom is -0.478 e. The summed E-state index contributed by atoms with van der Waals surface area (Å²) in [6, 6.07) is 3.22. The molecular formula is C14H22N2O2. The average Bonchev–Trinajstić information content (AvgIpc) is 2.25. The molecule has 0 amide bonds. The quantitative estimate of drug-likeness (QED) is 0.860. The molecule has 0 bridgehead atoms. The van der Waals surface area contributed by atoms with Crippen molar-refractivity contribution in [2.24, 2.45) is 5.41 Å². The molecule has 0 spiro atoms. The van der Waals surface area contributed by atoms with Gasteiger partial charge in [-0.2, -0.15) is 0 Å². The number of hydrogen-bond donors (Lipinski definition) is 2. The molecule has 0 aliphatic rings. The van der Waals surface area contributed by atoms with Gasteiger partial charge in [0, 0.05) is 12.2 Å². The minimum absolute atomic E-state index is 0.124. The summed E-state index contributed by atoms with van der Waals surface area (Å²) in [6.07, 6.45) is 0. The minimum atomic E-state index is -0.918. The molecule has 0 saturated carbocycles. The summed E-state index contributed by atoms with van der Waals surface area (Å²) in [5.74, 6) is -0.0777. The number of hydrogen-bond acceptors (Lipinski definition) is 3. The van der Waals surface area contributed by atoms with Crippen LogP contribution in [0.3, 0.4) is 0 Å². The van der Waals surface area contributed by atoms with Gasteiger partial charge in [0.1, 0.15) is 5.82 Å². The Morgan fingerprint density at radius 1 is 1.39 bits per heavy atom. The highest BCUT2D eigenvalue weighted by atomic mass is 16.4. The fourth-order valence-corrected chi connectivity index (χ4v) is 1.42. The second kappa shape index (κ2) is 5.38. The Balaban J connectivity index is 3.00. The van der Waals surface area contributed by atoms with Gasteiger partial charge in [-0.3, -0.25) is 0 Å². The molecule has 100 valence electrons. The molecule has 0 radical (unpaired) electrons. The van der Waals surface area contributed by atoms with E-state index in [9.17, 15) is 4.79 Å². The molecule has 1 aromatic rings. The lowest BCUT2D eigenvalue weighted by atomic mass is 9.97. The Morgan fingerprint density at radius 2 is 2.00 bits per heavy atom. The van der Waals surface area contributed by atoms with E-state index in [2.05, 4.69) is 31.1 Å². The lowest BCUT2D eigenvalue weighted by molar-refractivity contribution is 0.0696. The van der Waals surface area contributed by atoms with Crippen LogP contribution in [0.15, 0.2) is 12.1 Å². The van der Waals surface area contributed by atoms with Crippen molar-refractivity contribution in [3.8, 4) is 0 Å². The fraction of sp³-hybridized carbons (Fsp3) is 0.571. The predicted molar refractivity (Wildman–Crippen MR) is 73.2 cm³/mol. The number of aromatic carboxylic acids is 1. The molecule has 0 aliphatic heterocycles. The first-order valence-corrected chi connectivity index (χ1v) is 6.18. The monoisotopic (exact) mass is 250 g/mol. The smallest absolute Gasteiger partial charge is 0.335 e. The van der Waals surface area contributed by atoms with E-state index >= 15 is 0 Å². The Labute approximate surface area is 108 Å². The molecule has 0 atom stereocenters. The van der Waals surface area contributed by atoms with Crippen molar-refractivity contribution in [2.75, 3.05) is 11.9 Å². The van der Waals surface area contributed by atoms with Gasteiger partial charge >= 0.3 is 5.97 Å². The maximum atomic E-state index is 11.1. The van der Waals surface area contributed by atoms with Crippen molar-refractivity contribution in [1.29, 1.82) is 0 Å². The van der Waals surface area contributed by atoms with Gasteiger partial charge in [-0.1, -0.05) is 34.6 Å². The molecule has 4 nitrogen and oxygen atoms in total. The van der Waals surface area contributed by atoms with Gasteiger partial charge in [0.2, 0.25) is 0 Å². The van der Waals surface area contributed by atoms with Gasteiger partial charge in [-0.25, -0.2) is 9.78 Å². The molecule has 1 aromatic heterocycles. The van der Waals surface area contributed by atoms with Crippen molar-refractivity contribution < 1.29 is 9.90 Å². The summed E-state index contributed by atoms with van der Waals surface area (Å²) in [4.78, 5) is 15.5. The van der Waals surface area contributed by atoms with Crippen LogP contribution in [0.2, 0.25) is 0 Å². The van der Waals surface area contributed by atoms with Crippen LogP contribution in [0, 0.1) is 5.41 Å². The molecule has 0 unspecified atom stereocenters. The van der Waals surface area contributed by atoms with Gasteiger partial charge in [0.05, 0.1) is 5.56 Å². The first-order chi connectivity index (χ1) is 8.19. The lowest BCUT2D eigenvalue weighted by Gasteiger charge is -2.20. The van der Waals surface area contributed by atoms with Crippen molar-refractivity contribution >= 4 is 11.8 Å². The topological polar surface area (TPSA) is 62.2 Å². The summed E-state index contributed by atoms with van der Waals surface area (Å²) in [7, 11) is 0. The van der Waals surface area contributed by atoms with Gasteiger partial charge < -0.3 is 10.4 Å². The van der Waals surface area contributed by atoms with E-state index in [1.807, 2.05) is 13.8 Å². The number of carboxylic acid groups (broad SMARTS) is 1. The van der Waals surface area contributed by atoms with Crippen molar-refractivity contribution in [3.63, 3.8) is 0 Å². The number of carboxylic acids is 1. The molecule has 0 saturated heterocycles. The number of rotatable bonds is 4. The van der Waals surface area contributed by atoms with Crippen LogP contribution < -0.4 is 5.32 Å². The largest absolute Gasteiger partial charge is 0.478 e. The first kappa shape index (κ1) is 14.5. The lowest BCUT2D eigenvalue weighted by Crippen LogP contribution is -2.20. The fourth-order valence-electron chi connectivity index (χ4n) is 1.42. The van der Waals surface area contributed by atoms with Crippen LogP contribution in [0.25, 0.3) is 0 Å². The van der Waals surface area contributed by atoms with Crippen LogP contribution in [-0.4, -0.2) is 22.6 Å². The predicted octanol–water partition coefficient (Wildman–Crippen LogP) is 3.36. The van der Waals surface area contributed by atoms with E-state index in [1.165, 1.54) is 0 Å². The van der Waals surface area contributed by atoms with E-state index in [1.54, 1.807) is 12.1 Å². The van der Waals surface area contributed by atoms with Gasteiger partial charge in [0.15, 0.2) is 0 Å².